The number of benzene rings is 1. The van der Waals surface area contributed by atoms with Gasteiger partial charge in [-0.3, -0.25) is 10.1 Å². The number of aliphatic carboxylic acids is 1. The molecule has 0 heterocycles. The van der Waals surface area contributed by atoms with E-state index in [0.717, 1.165) is 0 Å². The third kappa shape index (κ3) is 2.91. The van der Waals surface area contributed by atoms with Gasteiger partial charge in [0.25, 0.3) is 5.69 Å². The Morgan fingerprint density at radius 2 is 2.25 bits per heavy atom. The maximum absolute atomic E-state index is 10.6. The van der Waals surface area contributed by atoms with Crippen LogP contribution in [0.15, 0.2) is 18.2 Å². The molecule has 86 valence electrons. The van der Waals surface area contributed by atoms with Crippen LogP contribution in [0.25, 0.3) is 0 Å². The number of carbonyl (C=O) groups is 1. The summed E-state index contributed by atoms with van der Waals surface area (Å²) in [6, 6.07) is 3.11. The summed E-state index contributed by atoms with van der Waals surface area (Å²) in [6.45, 7) is 0. The molecule has 0 aromatic heterocycles. The molecule has 1 atom stereocenters. The van der Waals surface area contributed by atoms with Crippen LogP contribution in [0, 0.1) is 10.1 Å². The Hall–Kier alpha value is -1.66. The standard InChI is InChI=1S/C9H9ClN2O4/c10-7-4-6(12(15)16)2-1-5(7)3-8(11)9(13)14/h1-2,4,8H,3,11H2,(H,13,14)/p+1. The first-order chi connectivity index (χ1) is 7.41. The van der Waals surface area contributed by atoms with Crippen LogP contribution >= 0.6 is 11.6 Å². The van der Waals surface area contributed by atoms with Crippen molar-refractivity contribution in [3.63, 3.8) is 0 Å². The SMILES string of the molecule is [NH3+]C(Cc1ccc([N+](=O)[O-])cc1Cl)C(=O)O. The molecule has 0 spiro atoms. The highest BCUT2D eigenvalue weighted by molar-refractivity contribution is 6.31. The first kappa shape index (κ1) is 12.4. The maximum atomic E-state index is 10.6. The summed E-state index contributed by atoms with van der Waals surface area (Å²) in [4.78, 5) is 20.5. The number of nitro groups is 1. The van der Waals surface area contributed by atoms with Crippen LogP contribution in [0.4, 0.5) is 5.69 Å². The van der Waals surface area contributed by atoms with Crippen molar-refractivity contribution in [1.29, 1.82) is 0 Å². The first-order valence-electron chi connectivity index (χ1n) is 4.40. The molecule has 0 fully saturated rings. The molecule has 1 rings (SSSR count). The number of hydrogen-bond donors (Lipinski definition) is 2. The average Bonchev–Trinajstić information content (AvgIpc) is 2.20. The van der Waals surface area contributed by atoms with E-state index in [0.29, 0.717) is 5.56 Å². The Labute approximate surface area is 95.8 Å². The molecular weight excluding hydrogens is 236 g/mol. The highest BCUT2D eigenvalue weighted by Gasteiger charge is 2.19. The molecule has 7 heteroatoms. The van der Waals surface area contributed by atoms with Crippen LogP contribution in [0.1, 0.15) is 5.56 Å². The largest absolute Gasteiger partial charge is 0.477 e. The molecule has 0 radical (unpaired) electrons. The lowest BCUT2D eigenvalue weighted by Crippen LogP contribution is -2.65. The van der Waals surface area contributed by atoms with E-state index in [1.807, 2.05) is 0 Å². The van der Waals surface area contributed by atoms with Crippen molar-refractivity contribution < 1.29 is 20.6 Å². The van der Waals surface area contributed by atoms with Crippen LogP contribution in [0.2, 0.25) is 5.02 Å². The second-order valence-electron chi connectivity index (χ2n) is 3.27. The zero-order valence-electron chi connectivity index (χ0n) is 8.22. The molecule has 0 aliphatic heterocycles. The summed E-state index contributed by atoms with van der Waals surface area (Å²) in [5.41, 5.74) is 3.86. The fourth-order valence-corrected chi connectivity index (χ4v) is 1.42. The molecule has 16 heavy (non-hydrogen) atoms. The minimum absolute atomic E-state index is 0.121. The van der Waals surface area contributed by atoms with Crippen LogP contribution in [-0.2, 0) is 11.2 Å². The van der Waals surface area contributed by atoms with Crippen LogP contribution in [0.5, 0.6) is 0 Å². The first-order valence-corrected chi connectivity index (χ1v) is 4.78. The monoisotopic (exact) mass is 245 g/mol. The summed E-state index contributed by atoms with van der Waals surface area (Å²) in [6.07, 6.45) is 0.145. The molecule has 0 bridgehead atoms. The number of hydrogen-bond acceptors (Lipinski definition) is 3. The fraction of sp³-hybridized carbons (Fsp3) is 0.222. The van der Waals surface area contributed by atoms with Crippen LogP contribution < -0.4 is 5.73 Å². The van der Waals surface area contributed by atoms with Gasteiger partial charge >= 0.3 is 5.97 Å². The highest BCUT2D eigenvalue weighted by atomic mass is 35.5. The van der Waals surface area contributed by atoms with Gasteiger partial charge in [0.15, 0.2) is 6.04 Å². The lowest BCUT2D eigenvalue weighted by Gasteiger charge is -2.05. The van der Waals surface area contributed by atoms with E-state index in [9.17, 15) is 14.9 Å². The molecule has 0 saturated heterocycles. The number of nitrogens with zero attached hydrogens (tertiary/aromatic N) is 1. The Kier molecular flexibility index (Phi) is 3.81. The molecule has 1 aromatic carbocycles. The van der Waals surface area contributed by atoms with E-state index in [4.69, 9.17) is 16.7 Å². The third-order valence-electron chi connectivity index (χ3n) is 2.06. The lowest BCUT2D eigenvalue weighted by molar-refractivity contribution is -0.407. The summed E-state index contributed by atoms with van der Waals surface area (Å²) in [5, 5.41) is 19.3. The molecule has 0 amide bonds. The topological polar surface area (TPSA) is 108 Å². The van der Waals surface area contributed by atoms with Gasteiger partial charge in [-0.2, -0.15) is 0 Å². The minimum atomic E-state index is -1.03. The smallest absolute Gasteiger partial charge is 0.362 e. The zero-order valence-corrected chi connectivity index (χ0v) is 8.98. The van der Waals surface area contributed by atoms with Crippen molar-refractivity contribution in [3.8, 4) is 0 Å². The van der Waals surface area contributed by atoms with Gasteiger partial charge in [0.1, 0.15) is 0 Å². The van der Waals surface area contributed by atoms with Gasteiger partial charge in [-0.05, 0) is 5.56 Å². The summed E-state index contributed by atoms with van der Waals surface area (Å²) in [5.74, 6) is -1.03. The molecule has 1 unspecified atom stereocenters. The number of nitro benzene ring substituents is 1. The Bertz CT molecular complexity index is 436. The van der Waals surface area contributed by atoms with Crippen molar-refractivity contribution in [3.05, 3.63) is 38.9 Å². The molecule has 0 aliphatic carbocycles. The minimum Gasteiger partial charge on any atom is -0.477 e. The van der Waals surface area contributed by atoms with Crippen molar-refractivity contribution in [2.24, 2.45) is 0 Å². The van der Waals surface area contributed by atoms with Gasteiger partial charge in [0, 0.05) is 18.6 Å². The van der Waals surface area contributed by atoms with Crippen LogP contribution in [0.3, 0.4) is 0 Å². The molecule has 4 N–H and O–H groups in total. The number of halogens is 1. The Morgan fingerprint density at radius 1 is 1.62 bits per heavy atom. The Morgan fingerprint density at radius 3 is 2.69 bits per heavy atom. The zero-order chi connectivity index (χ0) is 12.3. The quantitative estimate of drug-likeness (QED) is 0.594. The van der Waals surface area contributed by atoms with Crippen molar-refractivity contribution in [2.45, 2.75) is 12.5 Å². The molecule has 0 aliphatic rings. The molecular formula is C9H10ClN2O4+. The van der Waals surface area contributed by atoms with Gasteiger partial charge in [0.05, 0.1) is 9.95 Å². The second kappa shape index (κ2) is 4.91. The van der Waals surface area contributed by atoms with E-state index in [-0.39, 0.29) is 17.1 Å². The van der Waals surface area contributed by atoms with Crippen LogP contribution in [-0.4, -0.2) is 22.0 Å². The number of rotatable bonds is 4. The number of carboxylic acids is 1. The van der Waals surface area contributed by atoms with E-state index < -0.39 is 16.9 Å². The van der Waals surface area contributed by atoms with E-state index >= 15 is 0 Å². The van der Waals surface area contributed by atoms with E-state index in [1.165, 1.54) is 18.2 Å². The molecule has 6 nitrogen and oxygen atoms in total. The predicted octanol–water partition coefficient (Wildman–Crippen LogP) is 0.486. The normalized spacial score (nSPS) is 12.1. The molecule has 1 aromatic rings. The van der Waals surface area contributed by atoms with Gasteiger partial charge in [0.2, 0.25) is 0 Å². The van der Waals surface area contributed by atoms with Gasteiger partial charge in [-0.15, -0.1) is 0 Å². The summed E-state index contributed by atoms with van der Waals surface area (Å²) >= 11 is 5.80. The molecule has 0 saturated carbocycles. The number of quaternary nitrogens is 1. The van der Waals surface area contributed by atoms with Crippen molar-refractivity contribution in [1.82, 2.24) is 0 Å². The number of carboxylic acid groups (broad SMARTS) is 1. The van der Waals surface area contributed by atoms with Crippen molar-refractivity contribution in [2.75, 3.05) is 0 Å². The van der Waals surface area contributed by atoms with Gasteiger partial charge in [-0.25, -0.2) is 4.79 Å². The highest BCUT2D eigenvalue weighted by Crippen LogP contribution is 2.23. The number of non-ortho nitro benzene ring substituents is 1. The lowest BCUT2D eigenvalue weighted by atomic mass is 10.1. The van der Waals surface area contributed by atoms with Crippen molar-refractivity contribution >= 4 is 23.3 Å². The maximum Gasteiger partial charge on any atom is 0.362 e. The third-order valence-corrected chi connectivity index (χ3v) is 2.41. The van der Waals surface area contributed by atoms with E-state index in [2.05, 4.69) is 5.73 Å². The average molecular weight is 246 g/mol. The fourth-order valence-electron chi connectivity index (χ4n) is 1.17. The van der Waals surface area contributed by atoms with E-state index in [1.54, 1.807) is 0 Å². The van der Waals surface area contributed by atoms with Gasteiger partial charge < -0.3 is 10.8 Å². The predicted molar refractivity (Wildman–Crippen MR) is 56.1 cm³/mol. The Balaban J connectivity index is 2.91. The van der Waals surface area contributed by atoms with Gasteiger partial charge in [-0.1, -0.05) is 17.7 Å². The summed E-state index contributed by atoms with van der Waals surface area (Å²) in [7, 11) is 0. The summed E-state index contributed by atoms with van der Waals surface area (Å²) < 4.78 is 0. The second-order valence-corrected chi connectivity index (χ2v) is 3.68.